The molecule has 1 amide bonds. The van der Waals surface area contributed by atoms with Crippen molar-refractivity contribution < 1.29 is 9.18 Å². The highest BCUT2D eigenvalue weighted by Gasteiger charge is 2.09. The molecule has 3 aromatic rings. The normalized spacial score (nSPS) is 10.7. The number of carbonyl (C=O) groups excluding carboxylic acids is 1. The van der Waals surface area contributed by atoms with Crippen LogP contribution in [0.25, 0.3) is 0 Å². The largest absolute Gasteiger partial charge is 0.347 e. The molecule has 0 spiro atoms. The second-order valence-electron chi connectivity index (χ2n) is 4.98. The van der Waals surface area contributed by atoms with Crippen LogP contribution in [0, 0.1) is 5.82 Å². The molecule has 1 aromatic carbocycles. The molecule has 0 bridgehead atoms. The topological polar surface area (TPSA) is 46.9 Å². The van der Waals surface area contributed by atoms with E-state index in [-0.39, 0.29) is 11.7 Å². The SMILES string of the molecule is O=C(NCc1ccc(F)cc1)c1cc(Cn2cc(Cl)cn2)cs1. The zero-order chi connectivity index (χ0) is 16.2. The fraction of sp³-hybridized carbons (Fsp3) is 0.125. The first-order valence-electron chi connectivity index (χ1n) is 6.88. The van der Waals surface area contributed by atoms with Crippen LogP contribution in [0.5, 0.6) is 0 Å². The maximum Gasteiger partial charge on any atom is 0.261 e. The lowest BCUT2D eigenvalue weighted by atomic mass is 10.2. The van der Waals surface area contributed by atoms with Crippen molar-refractivity contribution in [3.63, 3.8) is 0 Å². The van der Waals surface area contributed by atoms with Gasteiger partial charge in [-0.3, -0.25) is 9.48 Å². The number of nitrogens with zero attached hydrogens (tertiary/aromatic N) is 2. The average molecular weight is 350 g/mol. The number of thiophene rings is 1. The zero-order valence-corrected chi connectivity index (χ0v) is 13.6. The monoisotopic (exact) mass is 349 g/mol. The van der Waals surface area contributed by atoms with E-state index in [1.807, 2.05) is 11.4 Å². The number of halogens is 2. The molecule has 7 heteroatoms. The summed E-state index contributed by atoms with van der Waals surface area (Å²) in [6.45, 7) is 0.926. The Morgan fingerprint density at radius 3 is 2.78 bits per heavy atom. The number of benzene rings is 1. The Kier molecular flexibility index (Phi) is 4.73. The van der Waals surface area contributed by atoms with Gasteiger partial charge in [-0.1, -0.05) is 23.7 Å². The number of hydrogen-bond acceptors (Lipinski definition) is 3. The molecule has 0 aliphatic rings. The Morgan fingerprint density at radius 1 is 1.30 bits per heavy atom. The molecular formula is C16H13ClFN3OS. The zero-order valence-electron chi connectivity index (χ0n) is 12.0. The standard InChI is InChI=1S/C16H13ClFN3OS/c17-13-7-20-21(9-13)8-12-5-15(23-10-12)16(22)19-6-11-1-3-14(18)4-2-11/h1-5,7,9-10H,6,8H2,(H,19,22). The predicted octanol–water partition coefficient (Wildman–Crippen LogP) is 3.72. The van der Waals surface area contributed by atoms with Crippen molar-refractivity contribution in [3.8, 4) is 0 Å². The lowest BCUT2D eigenvalue weighted by Crippen LogP contribution is -2.21. The van der Waals surface area contributed by atoms with Gasteiger partial charge >= 0.3 is 0 Å². The van der Waals surface area contributed by atoms with Gasteiger partial charge in [0.25, 0.3) is 5.91 Å². The van der Waals surface area contributed by atoms with Crippen LogP contribution in [0.2, 0.25) is 5.02 Å². The molecule has 0 radical (unpaired) electrons. The van der Waals surface area contributed by atoms with Gasteiger partial charge in [-0.2, -0.15) is 5.10 Å². The first-order chi connectivity index (χ1) is 11.1. The lowest BCUT2D eigenvalue weighted by molar-refractivity contribution is 0.0955. The van der Waals surface area contributed by atoms with E-state index in [9.17, 15) is 9.18 Å². The molecular weight excluding hydrogens is 337 g/mol. The van der Waals surface area contributed by atoms with Crippen molar-refractivity contribution >= 4 is 28.8 Å². The van der Waals surface area contributed by atoms with E-state index >= 15 is 0 Å². The van der Waals surface area contributed by atoms with Crippen molar-refractivity contribution in [2.45, 2.75) is 13.1 Å². The average Bonchev–Trinajstić information content (AvgIpc) is 3.16. The predicted molar refractivity (Wildman–Crippen MR) is 88.2 cm³/mol. The van der Waals surface area contributed by atoms with Gasteiger partial charge in [0.15, 0.2) is 0 Å². The van der Waals surface area contributed by atoms with Crippen LogP contribution in [0.4, 0.5) is 4.39 Å². The van der Waals surface area contributed by atoms with Gasteiger partial charge in [-0.05, 0) is 34.7 Å². The molecule has 2 heterocycles. The van der Waals surface area contributed by atoms with Crippen molar-refractivity contribution in [1.29, 1.82) is 0 Å². The first-order valence-corrected chi connectivity index (χ1v) is 8.14. The molecule has 118 valence electrons. The van der Waals surface area contributed by atoms with Crippen LogP contribution < -0.4 is 5.32 Å². The number of rotatable bonds is 5. The van der Waals surface area contributed by atoms with E-state index in [4.69, 9.17) is 11.6 Å². The molecule has 0 unspecified atom stereocenters. The molecule has 0 fully saturated rings. The number of nitrogens with one attached hydrogen (secondary N) is 1. The first kappa shape index (κ1) is 15.7. The van der Waals surface area contributed by atoms with Crippen molar-refractivity contribution in [3.05, 3.63) is 74.9 Å². The van der Waals surface area contributed by atoms with Gasteiger partial charge in [0.2, 0.25) is 0 Å². The summed E-state index contributed by atoms with van der Waals surface area (Å²) in [5.74, 6) is -0.439. The van der Waals surface area contributed by atoms with Crippen molar-refractivity contribution in [1.82, 2.24) is 15.1 Å². The smallest absolute Gasteiger partial charge is 0.261 e. The summed E-state index contributed by atoms with van der Waals surface area (Å²) in [6.07, 6.45) is 3.30. The summed E-state index contributed by atoms with van der Waals surface area (Å²) in [7, 11) is 0. The van der Waals surface area contributed by atoms with Gasteiger partial charge < -0.3 is 5.32 Å². The van der Waals surface area contributed by atoms with Gasteiger partial charge in [-0.15, -0.1) is 11.3 Å². The summed E-state index contributed by atoms with van der Waals surface area (Å²) in [6, 6.07) is 7.88. The minimum absolute atomic E-state index is 0.149. The van der Waals surface area contributed by atoms with Crippen LogP contribution in [-0.4, -0.2) is 15.7 Å². The number of hydrogen-bond donors (Lipinski definition) is 1. The van der Waals surface area contributed by atoms with Gasteiger partial charge in [0.1, 0.15) is 5.82 Å². The summed E-state index contributed by atoms with van der Waals surface area (Å²) >= 11 is 7.20. The Balaban J connectivity index is 1.58. The second-order valence-corrected chi connectivity index (χ2v) is 6.33. The Morgan fingerprint density at radius 2 is 2.09 bits per heavy atom. The maximum absolute atomic E-state index is 12.8. The van der Waals surface area contributed by atoms with E-state index in [0.717, 1.165) is 11.1 Å². The fourth-order valence-electron chi connectivity index (χ4n) is 2.06. The van der Waals surface area contributed by atoms with E-state index < -0.39 is 0 Å². The van der Waals surface area contributed by atoms with E-state index in [1.54, 1.807) is 29.2 Å². The summed E-state index contributed by atoms with van der Waals surface area (Å²) in [5.41, 5.74) is 1.84. The molecule has 0 aliphatic heterocycles. The molecule has 0 saturated carbocycles. The highest BCUT2D eigenvalue weighted by molar-refractivity contribution is 7.12. The summed E-state index contributed by atoms with van der Waals surface area (Å²) in [4.78, 5) is 12.8. The number of carbonyl (C=O) groups is 1. The fourth-order valence-corrected chi connectivity index (χ4v) is 3.04. The van der Waals surface area contributed by atoms with Crippen molar-refractivity contribution in [2.24, 2.45) is 0 Å². The molecule has 0 atom stereocenters. The van der Waals surface area contributed by atoms with Crippen LogP contribution >= 0.6 is 22.9 Å². The van der Waals surface area contributed by atoms with Crippen LogP contribution in [-0.2, 0) is 13.1 Å². The second kappa shape index (κ2) is 6.93. The minimum Gasteiger partial charge on any atom is -0.347 e. The van der Waals surface area contributed by atoms with Crippen LogP contribution in [0.15, 0.2) is 48.1 Å². The quantitative estimate of drug-likeness (QED) is 0.763. The molecule has 2 aromatic heterocycles. The molecule has 3 rings (SSSR count). The highest BCUT2D eigenvalue weighted by atomic mass is 35.5. The van der Waals surface area contributed by atoms with Crippen LogP contribution in [0.3, 0.4) is 0 Å². The third-order valence-electron chi connectivity index (χ3n) is 3.19. The van der Waals surface area contributed by atoms with Gasteiger partial charge in [0, 0.05) is 12.7 Å². The lowest BCUT2D eigenvalue weighted by Gasteiger charge is -2.03. The summed E-state index contributed by atoms with van der Waals surface area (Å²) in [5, 5.41) is 9.43. The number of amides is 1. The number of aromatic nitrogens is 2. The van der Waals surface area contributed by atoms with Crippen molar-refractivity contribution in [2.75, 3.05) is 0 Å². The molecule has 0 aliphatic carbocycles. The third kappa shape index (κ3) is 4.18. The molecule has 4 nitrogen and oxygen atoms in total. The van der Waals surface area contributed by atoms with Gasteiger partial charge in [-0.25, -0.2) is 4.39 Å². The molecule has 1 N–H and O–H groups in total. The van der Waals surface area contributed by atoms with E-state index in [2.05, 4.69) is 10.4 Å². The summed E-state index contributed by atoms with van der Waals surface area (Å²) < 4.78 is 14.5. The Hall–Kier alpha value is -2.18. The highest BCUT2D eigenvalue weighted by Crippen LogP contribution is 2.17. The van der Waals surface area contributed by atoms with E-state index in [1.165, 1.54) is 23.5 Å². The minimum atomic E-state index is -0.290. The maximum atomic E-state index is 12.8. The van der Waals surface area contributed by atoms with Crippen LogP contribution in [0.1, 0.15) is 20.8 Å². The van der Waals surface area contributed by atoms with Gasteiger partial charge in [0.05, 0.1) is 22.6 Å². The Bertz CT molecular complexity index is 813. The molecule has 0 saturated heterocycles. The third-order valence-corrected chi connectivity index (χ3v) is 4.36. The molecule has 23 heavy (non-hydrogen) atoms. The Labute approximate surface area is 141 Å². The van der Waals surface area contributed by atoms with E-state index in [0.29, 0.717) is 23.0 Å².